The molecular weight excluding hydrogens is 424 g/mol. The van der Waals surface area contributed by atoms with Crippen molar-refractivity contribution >= 4 is 35.2 Å². The fourth-order valence-corrected chi connectivity index (χ4v) is 3.47. The second-order valence-electron chi connectivity index (χ2n) is 9.52. The van der Waals surface area contributed by atoms with Crippen molar-refractivity contribution in [1.82, 2.24) is 5.32 Å². The average Bonchev–Trinajstić information content (AvgIpc) is 2.71. The first-order valence-electron chi connectivity index (χ1n) is 10.9. The smallest absolute Gasteiger partial charge is 0.294 e. The number of hydrogen-bond donors (Lipinski definition) is 1. The predicted octanol–water partition coefficient (Wildman–Crippen LogP) is 5.57. The number of carbonyl (C=O) groups is 2. The number of nitrogens with one attached hydrogen (secondary N) is 1. The van der Waals surface area contributed by atoms with E-state index in [1.165, 1.54) is 4.90 Å². The number of fused-ring (bicyclic) bond motifs is 1. The minimum atomic E-state index is -0.350. The summed E-state index contributed by atoms with van der Waals surface area (Å²) in [6, 6.07) is 12.9. The van der Waals surface area contributed by atoms with E-state index < -0.39 is 0 Å². The molecule has 3 rings (SSSR count). The van der Waals surface area contributed by atoms with Gasteiger partial charge in [-0.15, -0.1) is 0 Å². The molecule has 6 heteroatoms. The molecule has 0 aliphatic carbocycles. The fourth-order valence-electron chi connectivity index (χ4n) is 3.34. The van der Waals surface area contributed by atoms with E-state index in [-0.39, 0.29) is 29.5 Å². The fraction of sp³-hybridized carbons (Fsp3) is 0.385. The summed E-state index contributed by atoms with van der Waals surface area (Å²) < 4.78 is 5.98. The summed E-state index contributed by atoms with van der Waals surface area (Å²) in [4.78, 5) is 27.5. The zero-order valence-corrected chi connectivity index (χ0v) is 20.1. The highest BCUT2D eigenvalue weighted by Crippen LogP contribution is 2.39. The van der Waals surface area contributed by atoms with Gasteiger partial charge in [-0.2, -0.15) is 0 Å². The Hall–Kier alpha value is -2.79. The monoisotopic (exact) mass is 454 g/mol. The Bertz CT molecular complexity index is 1020. The molecule has 0 radical (unpaired) electrons. The maximum Gasteiger partial charge on any atom is 0.294 e. The molecule has 0 saturated heterocycles. The molecule has 5 nitrogen and oxygen atoms in total. The Morgan fingerprint density at radius 2 is 1.84 bits per heavy atom. The minimum absolute atomic E-state index is 0.0706. The molecule has 0 atom stereocenters. The standard InChI is InChI=1S/C26H31ClN2O3/c1-17(2)12-13-28-24(30)16-29-21-15-19(26(3,4)5)8-11-22(21)32-23(25(29)31)14-18-6-9-20(27)10-7-18/h6-11,14-15,17H,12-13,16H2,1-5H3,(H,28,30)/b23-14+. The number of carbonyl (C=O) groups excluding carboxylic acids is 2. The first kappa shape index (κ1) is 23.9. The van der Waals surface area contributed by atoms with E-state index in [1.807, 2.05) is 30.3 Å². The summed E-state index contributed by atoms with van der Waals surface area (Å²) in [5.74, 6) is 0.659. The SMILES string of the molecule is CC(C)CCNC(=O)CN1C(=O)/C(=C\c2ccc(Cl)cc2)Oc2ccc(C(C)(C)C)cc21. The predicted molar refractivity (Wildman–Crippen MR) is 130 cm³/mol. The van der Waals surface area contributed by atoms with E-state index in [9.17, 15) is 9.59 Å². The van der Waals surface area contributed by atoms with Crippen molar-refractivity contribution in [2.45, 2.75) is 46.5 Å². The lowest BCUT2D eigenvalue weighted by molar-refractivity contribution is -0.123. The molecule has 0 bridgehead atoms. The van der Waals surface area contributed by atoms with Gasteiger partial charge >= 0.3 is 0 Å². The average molecular weight is 455 g/mol. The molecule has 0 fully saturated rings. The van der Waals surface area contributed by atoms with Crippen LogP contribution < -0.4 is 15.0 Å². The second-order valence-corrected chi connectivity index (χ2v) is 9.95. The van der Waals surface area contributed by atoms with Crippen LogP contribution in [0.3, 0.4) is 0 Å². The van der Waals surface area contributed by atoms with Crippen LogP contribution in [-0.4, -0.2) is 24.9 Å². The van der Waals surface area contributed by atoms with Gasteiger partial charge in [-0.25, -0.2) is 0 Å². The van der Waals surface area contributed by atoms with Gasteiger partial charge in [0.05, 0.1) is 5.69 Å². The number of halogens is 1. The zero-order chi connectivity index (χ0) is 23.5. The number of ether oxygens (including phenoxy) is 1. The van der Waals surface area contributed by atoms with E-state index in [4.69, 9.17) is 16.3 Å². The van der Waals surface area contributed by atoms with Crippen molar-refractivity contribution in [1.29, 1.82) is 0 Å². The molecule has 1 heterocycles. The summed E-state index contributed by atoms with van der Waals surface area (Å²) in [7, 11) is 0. The summed E-state index contributed by atoms with van der Waals surface area (Å²) in [6.07, 6.45) is 2.55. The van der Waals surface area contributed by atoms with Crippen molar-refractivity contribution in [3.05, 3.63) is 64.4 Å². The first-order chi connectivity index (χ1) is 15.0. The van der Waals surface area contributed by atoms with Crippen molar-refractivity contribution in [3.8, 4) is 5.75 Å². The van der Waals surface area contributed by atoms with E-state index in [0.29, 0.717) is 28.9 Å². The molecule has 1 N–H and O–H groups in total. The Morgan fingerprint density at radius 1 is 1.16 bits per heavy atom. The van der Waals surface area contributed by atoms with Crippen molar-refractivity contribution in [2.75, 3.05) is 18.0 Å². The van der Waals surface area contributed by atoms with Crippen LogP contribution in [0.2, 0.25) is 5.02 Å². The first-order valence-corrected chi connectivity index (χ1v) is 11.3. The highest BCUT2D eigenvalue weighted by molar-refractivity contribution is 6.30. The van der Waals surface area contributed by atoms with Crippen LogP contribution in [0.25, 0.3) is 6.08 Å². The van der Waals surface area contributed by atoms with Gasteiger partial charge in [-0.1, -0.05) is 64.4 Å². The Balaban J connectivity index is 1.94. The van der Waals surface area contributed by atoms with Crippen molar-refractivity contribution < 1.29 is 14.3 Å². The lowest BCUT2D eigenvalue weighted by atomic mass is 9.86. The highest BCUT2D eigenvalue weighted by Gasteiger charge is 2.33. The van der Waals surface area contributed by atoms with Crippen LogP contribution in [0.15, 0.2) is 48.2 Å². The van der Waals surface area contributed by atoms with Gasteiger partial charge in [-0.3, -0.25) is 14.5 Å². The molecule has 1 aliphatic rings. The number of amides is 2. The van der Waals surface area contributed by atoms with E-state index in [1.54, 1.807) is 18.2 Å². The van der Waals surface area contributed by atoms with Crippen LogP contribution in [0, 0.1) is 5.92 Å². The maximum atomic E-state index is 13.4. The third kappa shape index (κ3) is 5.92. The number of rotatable bonds is 6. The van der Waals surface area contributed by atoms with Crippen LogP contribution in [0.4, 0.5) is 5.69 Å². The number of anilines is 1. The van der Waals surface area contributed by atoms with Crippen LogP contribution >= 0.6 is 11.6 Å². The third-order valence-corrected chi connectivity index (χ3v) is 5.56. The number of nitrogens with zero attached hydrogens (tertiary/aromatic N) is 1. The van der Waals surface area contributed by atoms with Crippen LogP contribution in [0.5, 0.6) is 5.75 Å². The normalized spacial score (nSPS) is 15.0. The van der Waals surface area contributed by atoms with Gasteiger partial charge < -0.3 is 10.1 Å². The molecular formula is C26H31ClN2O3. The van der Waals surface area contributed by atoms with Gasteiger partial charge in [0, 0.05) is 11.6 Å². The van der Waals surface area contributed by atoms with Gasteiger partial charge in [0.25, 0.3) is 5.91 Å². The molecule has 0 saturated carbocycles. The minimum Gasteiger partial charge on any atom is -0.449 e. The number of hydrogen-bond acceptors (Lipinski definition) is 3. The van der Waals surface area contributed by atoms with Crippen LogP contribution in [-0.2, 0) is 15.0 Å². The Labute approximate surface area is 195 Å². The van der Waals surface area contributed by atoms with Crippen molar-refractivity contribution in [3.63, 3.8) is 0 Å². The Morgan fingerprint density at radius 3 is 2.47 bits per heavy atom. The quantitative estimate of drug-likeness (QED) is 0.581. The zero-order valence-electron chi connectivity index (χ0n) is 19.4. The summed E-state index contributed by atoms with van der Waals surface area (Å²) >= 11 is 5.97. The van der Waals surface area contributed by atoms with Crippen LogP contribution in [0.1, 0.15) is 52.2 Å². The molecule has 0 aromatic heterocycles. The molecule has 0 unspecified atom stereocenters. The van der Waals surface area contributed by atoms with Gasteiger partial charge in [-0.05, 0) is 59.2 Å². The van der Waals surface area contributed by atoms with Crippen molar-refractivity contribution in [2.24, 2.45) is 5.92 Å². The molecule has 1 aliphatic heterocycles. The largest absolute Gasteiger partial charge is 0.449 e. The molecule has 2 amide bonds. The summed E-state index contributed by atoms with van der Waals surface area (Å²) in [6.45, 7) is 11.0. The topological polar surface area (TPSA) is 58.6 Å². The molecule has 2 aromatic rings. The van der Waals surface area contributed by atoms with E-state index in [2.05, 4.69) is 39.9 Å². The van der Waals surface area contributed by atoms with E-state index >= 15 is 0 Å². The summed E-state index contributed by atoms with van der Waals surface area (Å²) in [5, 5.41) is 3.53. The number of benzene rings is 2. The second kappa shape index (κ2) is 9.78. The highest BCUT2D eigenvalue weighted by atomic mass is 35.5. The summed E-state index contributed by atoms with van der Waals surface area (Å²) in [5.41, 5.74) is 2.34. The Kier molecular flexibility index (Phi) is 7.29. The van der Waals surface area contributed by atoms with E-state index in [0.717, 1.165) is 17.5 Å². The van der Waals surface area contributed by atoms with Gasteiger partial charge in [0.2, 0.25) is 5.91 Å². The maximum absolute atomic E-state index is 13.4. The third-order valence-electron chi connectivity index (χ3n) is 5.30. The lowest BCUT2D eigenvalue weighted by Crippen LogP contribution is -2.44. The van der Waals surface area contributed by atoms with Gasteiger partial charge in [0.15, 0.2) is 11.5 Å². The molecule has 170 valence electrons. The molecule has 2 aromatic carbocycles. The van der Waals surface area contributed by atoms with Gasteiger partial charge in [0.1, 0.15) is 6.54 Å². The lowest BCUT2D eigenvalue weighted by Gasteiger charge is -2.32. The molecule has 32 heavy (non-hydrogen) atoms. The molecule has 0 spiro atoms.